The third-order valence-corrected chi connectivity index (χ3v) is 2.11. The number of hydrogen-bond donors (Lipinski definition) is 1. The maximum absolute atomic E-state index is 12.4. The van der Waals surface area contributed by atoms with Crippen molar-refractivity contribution >= 4 is 11.6 Å². The molecule has 0 aliphatic rings. The Morgan fingerprint density at radius 2 is 1.94 bits per heavy atom. The third kappa shape index (κ3) is 2.59. The van der Waals surface area contributed by atoms with Gasteiger partial charge < -0.3 is 5.73 Å². The normalized spacial score (nSPS) is 12.2. The summed E-state index contributed by atoms with van der Waals surface area (Å²) in [6.07, 6.45) is -7.76. The Morgan fingerprint density at radius 3 is 2.31 bits per heavy atom. The molecule has 90 valence electrons. The summed E-state index contributed by atoms with van der Waals surface area (Å²) in [6.45, 7) is -0.543. The van der Waals surface area contributed by atoms with Gasteiger partial charge in [0.05, 0.1) is 5.56 Å². The summed E-state index contributed by atoms with van der Waals surface area (Å²) in [5.41, 5.74) is 2.45. The maximum Gasteiger partial charge on any atom is 0.433 e. The highest BCUT2D eigenvalue weighted by molar-refractivity contribution is 6.30. The van der Waals surface area contributed by atoms with Crippen LogP contribution in [0.1, 0.15) is 23.2 Å². The highest BCUT2D eigenvalue weighted by atomic mass is 35.5. The zero-order valence-corrected chi connectivity index (χ0v) is 8.41. The molecule has 0 aliphatic heterocycles. The first kappa shape index (κ1) is 13.1. The van der Waals surface area contributed by atoms with Gasteiger partial charge in [-0.3, -0.25) is 0 Å². The number of nitrogens with zero attached hydrogens (tertiary/aromatic N) is 1. The van der Waals surface area contributed by atoms with Gasteiger partial charge in [-0.2, -0.15) is 13.2 Å². The molecule has 1 aromatic rings. The zero-order chi connectivity index (χ0) is 12.5. The predicted molar refractivity (Wildman–Crippen MR) is 47.1 cm³/mol. The lowest BCUT2D eigenvalue weighted by Crippen LogP contribution is -2.15. The molecule has 0 fully saturated rings. The highest BCUT2D eigenvalue weighted by Crippen LogP contribution is 2.35. The Hall–Kier alpha value is -0.950. The smallest absolute Gasteiger partial charge is 0.326 e. The number of pyridine rings is 1. The molecule has 0 bridgehead atoms. The molecule has 0 saturated heterocycles. The van der Waals surface area contributed by atoms with Crippen molar-refractivity contribution in [2.75, 3.05) is 0 Å². The number of hydrogen-bond acceptors (Lipinski definition) is 2. The third-order valence-electron chi connectivity index (χ3n) is 1.81. The lowest BCUT2D eigenvalue weighted by atomic mass is 10.1. The van der Waals surface area contributed by atoms with Gasteiger partial charge in [0.25, 0.3) is 6.43 Å². The lowest BCUT2D eigenvalue weighted by Gasteiger charge is -2.13. The molecule has 0 radical (unpaired) electrons. The van der Waals surface area contributed by atoms with Crippen molar-refractivity contribution in [3.8, 4) is 0 Å². The van der Waals surface area contributed by atoms with Crippen molar-refractivity contribution in [3.05, 3.63) is 28.0 Å². The van der Waals surface area contributed by atoms with Gasteiger partial charge in [0.2, 0.25) is 0 Å². The maximum atomic E-state index is 12.4. The predicted octanol–water partition coefficient (Wildman–Crippen LogP) is 3.15. The van der Waals surface area contributed by atoms with E-state index in [0.717, 1.165) is 0 Å². The van der Waals surface area contributed by atoms with Crippen LogP contribution in [-0.2, 0) is 12.7 Å². The Labute approximate surface area is 92.2 Å². The van der Waals surface area contributed by atoms with E-state index in [-0.39, 0.29) is 0 Å². The van der Waals surface area contributed by atoms with E-state index in [9.17, 15) is 22.0 Å². The van der Waals surface area contributed by atoms with E-state index in [1.54, 1.807) is 0 Å². The number of alkyl halides is 5. The topological polar surface area (TPSA) is 38.9 Å². The van der Waals surface area contributed by atoms with Crippen LogP contribution in [-0.4, -0.2) is 4.98 Å². The van der Waals surface area contributed by atoms with Crippen LogP contribution in [0.5, 0.6) is 0 Å². The quantitative estimate of drug-likeness (QED) is 0.655. The Kier molecular flexibility index (Phi) is 3.69. The molecule has 8 heteroatoms. The van der Waals surface area contributed by atoms with Crippen LogP contribution in [0, 0.1) is 0 Å². The molecule has 1 heterocycles. The minimum atomic E-state index is -4.76. The summed E-state index contributed by atoms with van der Waals surface area (Å²) in [5, 5.41) is -0.862. The number of rotatable bonds is 2. The number of aromatic nitrogens is 1. The summed E-state index contributed by atoms with van der Waals surface area (Å²) in [7, 11) is 0. The van der Waals surface area contributed by atoms with Crippen LogP contribution in [0.2, 0.25) is 5.15 Å². The molecule has 2 nitrogen and oxygen atoms in total. The summed E-state index contributed by atoms with van der Waals surface area (Å²) < 4.78 is 61.8. The fourth-order valence-corrected chi connectivity index (χ4v) is 1.33. The fourth-order valence-electron chi connectivity index (χ4n) is 1.10. The summed E-state index contributed by atoms with van der Waals surface area (Å²) in [6, 6.07) is 0.628. The van der Waals surface area contributed by atoms with Gasteiger partial charge in [0.1, 0.15) is 5.15 Å². The molecule has 0 spiro atoms. The van der Waals surface area contributed by atoms with Crippen LogP contribution in [0.25, 0.3) is 0 Å². The monoisotopic (exact) mass is 260 g/mol. The SMILES string of the molecule is NCc1cc(C(F)F)c(Cl)nc1C(F)(F)F. The van der Waals surface area contributed by atoms with E-state index in [1.165, 1.54) is 0 Å². The molecule has 0 aromatic carbocycles. The van der Waals surface area contributed by atoms with Crippen molar-refractivity contribution < 1.29 is 22.0 Å². The van der Waals surface area contributed by atoms with Gasteiger partial charge >= 0.3 is 6.18 Å². The molecule has 16 heavy (non-hydrogen) atoms. The molecule has 0 amide bonds. The first-order valence-corrected chi connectivity index (χ1v) is 4.40. The standard InChI is InChI=1S/C8H6ClF5N2/c9-6-4(7(10)11)1-3(2-15)5(16-6)8(12,13)14/h1,7H,2,15H2. The second kappa shape index (κ2) is 4.50. The second-order valence-corrected chi connectivity index (χ2v) is 3.24. The first-order chi connectivity index (χ1) is 7.27. The minimum Gasteiger partial charge on any atom is -0.326 e. The first-order valence-electron chi connectivity index (χ1n) is 4.02. The molecule has 0 saturated carbocycles. The van der Waals surface area contributed by atoms with Crippen molar-refractivity contribution in [3.63, 3.8) is 0 Å². The van der Waals surface area contributed by atoms with Crippen LogP contribution in [0.15, 0.2) is 6.07 Å². The van der Waals surface area contributed by atoms with Gasteiger partial charge in [-0.05, 0) is 11.6 Å². The summed E-state index contributed by atoms with van der Waals surface area (Å²) in [4.78, 5) is 2.92. The lowest BCUT2D eigenvalue weighted by molar-refractivity contribution is -0.141. The van der Waals surface area contributed by atoms with Gasteiger partial charge in [-0.25, -0.2) is 13.8 Å². The van der Waals surface area contributed by atoms with Crippen LogP contribution in [0.4, 0.5) is 22.0 Å². The van der Waals surface area contributed by atoms with E-state index < -0.39 is 41.1 Å². The molecule has 0 atom stereocenters. The number of nitrogens with two attached hydrogens (primary N) is 1. The van der Waals surface area contributed by atoms with E-state index in [2.05, 4.69) is 4.98 Å². The second-order valence-electron chi connectivity index (χ2n) is 2.88. The van der Waals surface area contributed by atoms with Crippen LogP contribution >= 0.6 is 11.6 Å². The average molecular weight is 261 g/mol. The van der Waals surface area contributed by atoms with E-state index in [4.69, 9.17) is 17.3 Å². The van der Waals surface area contributed by atoms with Crippen molar-refractivity contribution in [1.82, 2.24) is 4.98 Å². The Balaban J connectivity index is 3.38. The largest absolute Gasteiger partial charge is 0.433 e. The summed E-state index contributed by atoms with van der Waals surface area (Å²) >= 11 is 5.23. The van der Waals surface area contributed by atoms with E-state index >= 15 is 0 Å². The van der Waals surface area contributed by atoms with Gasteiger partial charge in [0.15, 0.2) is 5.69 Å². The van der Waals surface area contributed by atoms with E-state index in [0.29, 0.717) is 6.07 Å². The van der Waals surface area contributed by atoms with Crippen molar-refractivity contribution in [2.24, 2.45) is 5.73 Å². The highest BCUT2D eigenvalue weighted by Gasteiger charge is 2.36. The van der Waals surface area contributed by atoms with Crippen molar-refractivity contribution in [2.45, 2.75) is 19.1 Å². The molecule has 0 aliphatic carbocycles. The van der Waals surface area contributed by atoms with Crippen LogP contribution in [0.3, 0.4) is 0 Å². The number of halogens is 6. The molecule has 1 aromatic heterocycles. The van der Waals surface area contributed by atoms with Gasteiger partial charge in [-0.15, -0.1) is 0 Å². The fraction of sp³-hybridized carbons (Fsp3) is 0.375. The molecular weight excluding hydrogens is 255 g/mol. The Morgan fingerprint density at radius 1 is 1.38 bits per heavy atom. The van der Waals surface area contributed by atoms with Crippen molar-refractivity contribution in [1.29, 1.82) is 0 Å². The van der Waals surface area contributed by atoms with E-state index in [1.807, 2.05) is 0 Å². The van der Waals surface area contributed by atoms with Crippen LogP contribution < -0.4 is 5.73 Å². The minimum absolute atomic E-state index is 0.507. The molecule has 0 unspecified atom stereocenters. The molecule has 1 rings (SSSR count). The molecule has 2 N–H and O–H groups in total. The summed E-state index contributed by atoms with van der Waals surface area (Å²) in [5.74, 6) is 0. The Bertz CT molecular complexity index is 391. The van der Waals surface area contributed by atoms with Gasteiger partial charge in [-0.1, -0.05) is 11.6 Å². The molecular formula is C8H6ClF5N2. The van der Waals surface area contributed by atoms with Gasteiger partial charge in [0, 0.05) is 6.54 Å². The zero-order valence-electron chi connectivity index (χ0n) is 7.65. The average Bonchev–Trinajstić information content (AvgIpc) is 2.15.